The lowest BCUT2D eigenvalue weighted by Gasteiger charge is -2.01. The number of methoxy groups -OCH3 is 1. The van der Waals surface area contributed by atoms with Gasteiger partial charge in [-0.1, -0.05) is 0 Å². The molecule has 0 bridgehead atoms. The maximum absolute atomic E-state index is 11.5. The molecule has 0 unspecified atom stereocenters. The summed E-state index contributed by atoms with van der Waals surface area (Å²) < 4.78 is 10.2. The molecule has 0 spiro atoms. The molecule has 0 aliphatic carbocycles. The van der Waals surface area contributed by atoms with Crippen LogP contribution >= 0.6 is 11.3 Å². The van der Waals surface area contributed by atoms with Crippen LogP contribution in [0.15, 0.2) is 21.9 Å². The van der Waals surface area contributed by atoms with Gasteiger partial charge in [-0.15, -0.1) is 11.3 Å². The number of furan rings is 1. The van der Waals surface area contributed by atoms with E-state index in [0.29, 0.717) is 17.9 Å². The SMILES string of the molecule is COC(=O)c1cc(CNCc2sccc2C)oc1C. The second-order valence-electron chi connectivity index (χ2n) is 4.30. The van der Waals surface area contributed by atoms with E-state index < -0.39 is 0 Å². The number of ether oxygens (including phenoxy) is 1. The summed E-state index contributed by atoms with van der Waals surface area (Å²) in [7, 11) is 1.37. The van der Waals surface area contributed by atoms with Crippen LogP contribution < -0.4 is 5.32 Å². The highest BCUT2D eigenvalue weighted by Crippen LogP contribution is 2.17. The third-order valence-electron chi connectivity index (χ3n) is 2.93. The van der Waals surface area contributed by atoms with Crippen molar-refractivity contribution in [1.29, 1.82) is 0 Å². The Balaban J connectivity index is 1.93. The summed E-state index contributed by atoms with van der Waals surface area (Å²) >= 11 is 1.73. The zero-order valence-corrected chi connectivity index (χ0v) is 12.1. The fourth-order valence-corrected chi connectivity index (χ4v) is 2.70. The van der Waals surface area contributed by atoms with Gasteiger partial charge in [0.2, 0.25) is 0 Å². The van der Waals surface area contributed by atoms with E-state index in [-0.39, 0.29) is 5.97 Å². The first-order chi connectivity index (χ1) is 9.11. The summed E-state index contributed by atoms with van der Waals surface area (Å²) in [5.41, 5.74) is 1.79. The summed E-state index contributed by atoms with van der Waals surface area (Å²) in [6.45, 7) is 5.26. The maximum atomic E-state index is 11.5. The van der Waals surface area contributed by atoms with E-state index in [2.05, 4.69) is 23.7 Å². The molecule has 2 aromatic rings. The van der Waals surface area contributed by atoms with Gasteiger partial charge < -0.3 is 14.5 Å². The van der Waals surface area contributed by atoms with Crippen LogP contribution in [0, 0.1) is 13.8 Å². The fourth-order valence-electron chi connectivity index (χ4n) is 1.83. The zero-order valence-electron chi connectivity index (χ0n) is 11.3. The Bertz CT molecular complexity index is 571. The Morgan fingerprint density at radius 3 is 2.84 bits per heavy atom. The number of thiophene rings is 1. The Morgan fingerprint density at radius 2 is 2.21 bits per heavy atom. The van der Waals surface area contributed by atoms with Crippen LogP contribution in [0.25, 0.3) is 0 Å². The minimum atomic E-state index is -0.360. The van der Waals surface area contributed by atoms with Crippen LogP contribution in [0.1, 0.15) is 32.3 Å². The molecular weight excluding hydrogens is 262 g/mol. The predicted octanol–water partition coefficient (Wildman–Crippen LogP) is 3.03. The molecule has 2 aromatic heterocycles. The van der Waals surface area contributed by atoms with Crippen molar-refractivity contribution in [3.63, 3.8) is 0 Å². The van der Waals surface area contributed by atoms with Crippen molar-refractivity contribution in [3.05, 3.63) is 45.0 Å². The Morgan fingerprint density at radius 1 is 1.42 bits per heavy atom. The average molecular weight is 279 g/mol. The number of hydrogen-bond acceptors (Lipinski definition) is 5. The van der Waals surface area contributed by atoms with Crippen LogP contribution in [0.2, 0.25) is 0 Å². The Hall–Kier alpha value is -1.59. The summed E-state index contributed by atoms with van der Waals surface area (Å²) in [5.74, 6) is 0.977. The first-order valence-electron chi connectivity index (χ1n) is 6.03. The van der Waals surface area contributed by atoms with Crippen molar-refractivity contribution >= 4 is 17.3 Å². The van der Waals surface area contributed by atoms with Crippen molar-refractivity contribution in [1.82, 2.24) is 5.32 Å². The van der Waals surface area contributed by atoms with Gasteiger partial charge in [0.15, 0.2) is 0 Å². The summed E-state index contributed by atoms with van der Waals surface area (Å²) in [5, 5.41) is 5.39. The third kappa shape index (κ3) is 3.24. The normalized spacial score (nSPS) is 10.7. The molecule has 0 aliphatic rings. The van der Waals surface area contributed by atoms with Gasteiger partial charge in [-0.3, -0.25) is 0 Å². The zero-order chi connectivity index (χ0) is 13.8. The van der Waals surface area contributed by atoms with Crippen LogP contribution in [-0.4, -0.2) is 13.1 Å². The second kappa shape index (κ2) is 6.04. The van der Waals surface area contributed by atoms with Crippen molar-refractivity contribution in [2.45, 2.75) is 26.9 Å². The molecule has 0 aliphatic heterocycles. The van der Waals surface area contributed by atoms with E-state index in [1.807, 2.05) is 0 Å². The highest BCUT2D eigenvalue weighted by molar-refractivity contribution is 7.10. The molecule has 2 heterocycles. The Labute approximate surface area is 116 Å². The standard InChI is InChI=1S/C14H17NO3S/c1-9-4-5-19-13(9)8-15-7-11-6-12(10(2)18-11)14(16)17-3/h4-6,15H,7-8H2,1-3H3. The number of nitrogens with one attached hydrogen (secondary N) is 1. The highest BCUT2D eigenvalue weighted by atomic mass is 32.1. The van der Waals surface area contributed by atoms with Gasteiger partial charge in [0.05, 0.1) is 13.7 Å². The average Bonchev–Trinajstić information content (AvgIpc) is 2.96. The van der Waals surface area contributed by atoms with E-state index in [1.165, 1.54) is 17.6 Å². The lowest BCUT2D eigenvalue weighted by atomic mass is 10.2. The molecule has 1 N–H and O–H groups in total. The highest BCUT2D eigenvalue weighted by Gasteiger charge is 2.14. The van der Waals surface area contributed by atoms with Crippen molar-refractivity contribution in [2.24, 2.45) is 0 Å². The maximum Gasteiger partial charge on any atom is 0.341 e. The summed E-state index contributed by atoms with van der Waals surface area (Å²) in [6.07, 6.45) is 0. The molecule has 0 atom stereocenters. The minimum Gasteiger partial charge on any atom is -0.465 e. The number of carbonyl (C=O) groups is 1. The monoisotopic (exact) mass is 279 g/mol. The van der Waals surface area contributed by atoms with Gasteiger partial charge in [0.25, 0.3) is 0 Å². The number of carbonyl (C=O) groups excluding carboxylic acids is 1. The van der Waals surface area contributed by atoms with Gasteiger partial charge in [-0.25, -0.2) is 4.79 Å². The molecule has 0 amide bonds. The summed E-state index contributed by atoms with van der Waals surface area (Å²) in [6, 6.07) is 3.84. The largest absolute Gasteiger partial charge is 0.465 e. The van der Waals surface area contributed by atoms with Crippen LogP contribution in [0.5, 0.6) is 0 Å². The van der Waals surface area contributed by atoms with Crippen LogP contribution in [0.4, 0.5) is 0 Å². The molecule has 0 saturated heterocycles. The van der Waals surface area contributed by atoms with Gasteiger partial charge in [0.1, 0.15) is 17.1 Å². The van der Waals surface area contributed by atoms with Gasteiger partial charge >= 0.3 is 5.97 Å². The molecule has 0 radical (unpaired) electrons. The van der Waals surface area contributed by atoms with E-state index in [0.717, 1.165) is 12.3 Å². The minimum absolute atomic E-state index is 0.360. The molecule has 0 saturated carbocycles. The third-order valence-corrected chi connectivity index (χ3v) is 3.95. The van der Waals surface area contributed by atoms with E-state index in [1.54, 1.807) is 24.3 Å². The molecule has 0 aromatic carbocycles. The number of esters is 1. The topological polar surface area (TPSA) is 51.5 Å². The molecule has 2 rings (SSSR count). The number of hydrogen-bond donors (Lipinski definition) is 1. The first kappa shape index (κ1) is 13.8. The first-order valence-corrected chi connectivity index (χ1v) is 6.91. The quantitative estimate of drug-likeness (QED) is 0.855. The van der Waals surface area contributed by atoms with Gasteiger partial charge in [-0.2, -0.15) is 0 Å². The van der Waals surface area contributed by atoms with E-state index >= 15 is 0 Å². The molecule has 102 valence electrons. The molecule has 4 nitrogen and oxygen atoms in total. The fraction of sp³-hybridized carbons (Fsp3) is 0.357. The van der Waals surface area contributed by atoms with E-state index in [4.69, 9.17) is 9.15 Å². The van der Waals surface area contributed by atoms with Crippen molar-refractivity contribution in [2.75, 3.05) is 7.11 Å². The van der Waals surface area contributed by atoms with Gasteiger partial charge in [-0.05, 0) is 36.9 Å². The molecular formula is C14H17NO3S. The number of rotatable bonds is 5. The number of aryl methyl sites for hydroxylation is 2. The van der Waals surface area contributed by atoms with Crippen molar-refractivity contribution < 1.29 is 13.9 Å². The van der Waals surface area contributed by atoms with Crippen LogP contribution in [-0.2, 0) is 17.8 Å². The predicted molar refractivity (Wildman–Crippen MR) is 74.4 cm³/mol. The lowest BCUT2D eigenvalue weighted by molar-refractivity contribution is 0.0599. The second-order valence-corrected chi connectivity index (χ2v) is 5.31. The lowest BCUT2D eigenvalue weighted by Crippen LogP contribution is -2.11. The Kier molecular flexibility index (Phi) is 4.39. The van der Waals surface area contributed by atoms with E-state index in [9.17, 15) is 4.79 Å². The summed E-state index contributed by atoms with van der Waals surface area (Å²) in [4.78, 5) is 12.8. The molecule has 0 fully saturated rings. The van der Waals surface area contributed by atoms with Gasteiger partial charge in [0, 0.05) is 11.4 Å². The smallest absolute Gasteiger partial charge is 0.341 e. The van der Waals surface area contributed by atoms with Crippen molar-refractivity contribution in [3.8, 4) is 0 Å². The molecule has 19 heavy (non-hydrogen) atoms. The molecule has 5 heteroatoms. The van der Waals surface area contributed by atoms with Crippen LogP contribution in [0.3, 0.4) is 0 Å².